The average Bonchev–Trinajstić information content (AvgIpc) is 3.14. The van der Waals surface area contributed by atoms with Crippen LogP contribution in [-0.4, -0.2) is 17.6 Å². The van der Waals surface area contributed by atoms with Crippen molar-refractivity contribution in [1.29, 1.82) is 0 Å². The van der Waals surface area contributed by atoms with Crippen molar-refractivity contribution >= 4 is 17.2 Å². The van der Waals surface area contributed by atoms with E-state index in [1.54, 1.807) is 18.2 Å². The molecule has 0 spiro atoms. The predicted molar refractivity (Wildman–Crippen MR) is 78.5 cm³/mol. The molecule has 0 saturated heterocycles. The van der Waals surface area contributed by atoms with Gasteiger partial charge in [-0.15, -0.1) is 17.9 Å². The number of nitrogens with one attached hydrogen (secondary N) is 1. The summed E-state index contributed by atoms with van der Waals surface area (Å²) in [4.78, 5) is 12.4. The number of thiophene rings is 1. The van der Waals surface area contributed by atoms with E-state index in [-0.39, 0.29) is 12.5 Å². The molecule has 0 radical (unpaired) electrons. The predicted octanol–water partition coefficient (Wildman–Crippen LogP) is 2.66. The number of carbonyl (C=O) groups is 1. The van der Waals surface area contributed by atoms with Gasteiger partial charge in [-0.2, -0.15) is 0 Å². The number of carbonyl (C=O) groups excluding carboxylic acids is 1. The third-order valence-corrected chi connectivity index (χ3v) is 4.00. The van der Waals surface area contributed by atoms with Crippen molar-refractivity contribution in [1.82, 2.24) is 5.32 Å². The maximum atomic E-state index is 11.7. The van der Waals surface area contributed by atoms with E-state index in [2.05, 4.69) is 11.9 Å². The fourth-order valence-corrected chi connectivity index (χ4v) is 2.70. The summed E-state index contributed by atoms with van der Waals surface area (Å²) in [6.07, 6.45) is 4.18. The highest BCUT2D eigenvalue weighted by Gasteiger charge is 2.35. The van der Waals surface area contributed by atoms with Crippen molar-refractivity contribution in [2.45, 2.75) is 18.4 Å². The molecule has 2 N–H and O–H groups in total. The zero-order valence-electron chi connectivity index (χ0n) is 11.0. The molecule has 5 heteroatoms. The van der Waals surface area contributed by atoms with E-state index in [1.165, 1.54) is 17.6 Å². The molecule has 1 atom stereocenters. The third kappa shape index (κ3) is 3.18. The van der Waals surface area contributed by atoms with Crippen LogP contribution in [0.3, 0.4) is 0 Å². The maximum Gasteiger partial charge on any atom is 0.220 e. The van der Waals surface area contributed by atoms with Crippen molar-refractivity contribution in [3.63, 3.8) is 0 Å². The van der Waals surface area contributed by atoms with Crippen LogP contribution >= 0.6 is 11.3 Å². The molecule has 0 bridgehead atoms. The number of hydrogen-bond donors (Lipinski definition) is 2. The van der Waals surface area contributed by atoms with Crippen LogP contribution in [0.25, 0.3) is 0 Å². The first-order valence-corrected chi connectivity index (χ1v) is 7.22. The number of amides is 1. The van der Waals surface area contributed by atoms with Crippen LogP contribution in [0.2, 0.25) is 0 Å². The zero-order chi connectivity index (χ0) is 14.4. The van der Waals surface area contributed by atoms with E-state index in [4.69, 9.17) is 4.42 Å². The molecule has 2 aromatic rings. The minimum absolute atomic E-state index is 0.0804. The van der Waals surface area contributed by atoms with Crippen molar-refractivity contribution in [3.05, 3.63) is 59.2 Å². The summed E-state index contributed by atoms with van der Waals surface area (Å²) >= 11 is 1.42. The first kappa shape index (κ1) is 14.6. The Morgan fingerprint density at radius 1 is 1.50 bits per heavy atom. The van der Waals surface area contributed by atoms with Crippen molar-refractivity contribution in [2.24, 2.45) is 0 Å². The fraction of sp³-hybridized carbons (Fsp3) is 0.267. The minimum Gasteiger partial charge on any atom is -0.466 e. The van der Waals surface area contributed by atoms with Gasteiger partial charge in [0, 0.05) is 11.3 Å². The van der Waals surface area contributed by atoms with E-state index in [9.17, 15) is 9.90 Å². The SMILES string of the molecule is C=CCCC(=O)NCC(O)(c1ccco1)c1cccs1. The molecular formula is C15H17NO3S. The summed E-state index contributed by atoms with van der Waals surface area (Å²) in [5, 5.41) is 15.5. The van der Waals surface area contributed by atoms with Gasteiger partial charge in [-0.25, -0.2) is 0 Å². The van der Waals surface area contributed by atoms with Crippen LogP contribution in [0, 0.1) is 0 Å². The Kier molecular flexibility index (Phi) is 4.76. The lowest BCUT2D eigenvalue weighted by Gasteiger charge is -2.25. The van der Waals surface area contributed by atoms with Crippen LogP contribution < -0.4 is 5.32 Å². The van der Waals surface area contributed by atoms with Crippen molar-refractivity contribution in [3.8, 4) is 0 Å². The molecule has 0 aliphatic carbocycles. The van der Waals surface area contributed by atoms with Crippen LogP contribution in [-0.2, 0) is 10.4 Å². The standard InChI is InChI=1S/C15H17NO3S/c1-2-3-8-14(17)16-11-15(18,12-6-4-9-19-12)13-7-5-10-20-13/h2,4-7,9-10,18H,1,3,8,11H2,(H,16,17). The highest BCUT2D eigenvalue weighted by Crippen LogP contribution is 2.32. The quantitative estimate of drug-likeness (QED) is 0.771. The van der Waals surface area contributed by atoms with E-state index in [0.29, 0.717) is 18.6 Å². The third-order valence-electron chi connectivity index (χ3n) is 2.97. The first-order valence-electron chi connectivity index (χ1n) is 6.35. The van der Waals surface area contributed by atoms with Crippen LogP contribution in [0.15, 0.2) is 53.0 Å². The van der Waals surface area contributed by atoms with Gasteiger partial charge >= 0.3 is 0 Å². The lowest BCUT2D eigenvalue weighted by molar-refractivity contribution is -0.122. The normalized spacial score (nSPS) is 13.7. The number of allylic oxidation sites excluding steroid dienone is 1. The van der Waals surface area contributed by atoms with Gasteiger partial charge < -0.3 is 14.8 Å². The fourth-order valence-electron chi connectivity index (χ4n) is 1.87. The molecule has 20 heavy (non-hydrogen) atoms. The Balaban J connectivity index is 2.13. The topological polar surface area (TPSA) is 62.5 Å². The number of aliphatic hydroxyl groups is 1. The first-order chi connectivity index (χ1) is 9.66. The Labute approximate surface area is 121 Å². The van der Waals surface area contributed by atoms with E-state index < -0.39 is 5.60 Å². The smallest absolute Gasteiger partial charge is 0.220 e. The van der Waals surface area contributed by atoms with E-state index >= 15 is 0 Å². The second kappa shape index (κ2) is 6.54. The number of rotatable bonds is 7. The monoisotopic (exact) mass is 291 g/mol. The Morgan fingerprint density at radius 2 is 2.35 bits per heavy atom. The second-order valence-electron chi connectivity index (χ2n) is 4.42. The van der Waals surface area contributed by atoms with Gasteiger partial charge in [-0.3, -0.25) is 4.79 Å². The minimum atomic E-state index is -1.33. The number of furan rings is 1. The summed E-state index contributed by atoms with van der Waals surface area (Å²) in [7, 11) is 0. The summed E-state index contributed by atoms with van der Waals surface area (Å²) < 4.78 is 5.33. The summed E-state index contributed by atoms with van der Waals surface area (Å²) in [6.45, 7) is 3.66. The Bertz CT molecular complexity index is 511. The van der Waals surface area contributed by atoms with Gasteiger partial charge in [0.05, 0.1) is 12.8 Å². The molecule has 0 aromatic carbocycles. The highest BCUT2D eigenvalue weighted by molar-refractivity contribution is 7.10. The molecule has 0 aliphatic rings. The summed E-state index contributed by atoms with van der Waals surface area (Å²) in [5.74, 6) is 0.301. The average molecular weight is 291 g/mol. The van der Waals surface area contributed by atoms with Gasteiger partial charge in [-0.1, -0.05) is 12.1 Å². The molecule has 0 aliphatic heterocycles. The van der Waals surface area contributed by atoms with E-state index in [0.717, 1.165) is 4.88 Å². The summed E-state index contributed by atoms with van der Waals surface area (Å²) in [5.41, 5.74) is -1.33. The van der Waals surface area contributed by atoms with Crippen LogP contribution in [0.4, 0.5) is 0 Å². The van der Waals surface area contributed by atoms with Gasteiger partial charge in [-0.05, 0) is 30.0 Å². The molecule has 106 valence electrons. The largest absolute Gasteiger partial charge is 0.466 e. The Morgan fingerprint density at radius 3 is 2.95 bits per heavy atom. The molecule has 2 heterocycles. The van der Waals surface area contributed by atoms with Crippen LogP contribution in [0.5, 0.6) is 0 Å². The number of hydrogen-bond acceptors (Lipinski definition) is 4. The van der Waals surface area contributed by atoms with E-state index in [1.807, 2.05) is 17.5 Å². The molecule has 1 unspecified atom stereocenters. The van der Waals surface area contributed by atoms with Crippen molar-refractivity contribution < 1.29 is 14.3 Å². The zero-order valence-corrected chi connectivity index (χ0v) is 11.9. The molecule has 0 fully saturated rings. The van der Waals surface area contributed by atoms with Gasteiger partial charge in [0.15, 0.2) is 5.60 Å². The van der Waals surface area contributed by atoms with Gasteiger partial charge in [0.2, 0.25) is 5.91 Å². The molecule has 1 amide bonds. The highest BCUT2D eigenvalue weighted by atomic mass is 32.1. The van der Waals surface area contributed by atoms with Crippen molar-refractivity contribution in [2.75, 3.05) is 6.54 Å². The van der Waals surface area contributed by atoms with Crippen LogP contribution in [0.1, 0.15) is 23.5 Å². The van der Waals surface area contributed by atoms with Gasteiger partial charge in [0.25, 0.3) is 0 Å². The molecule has 2 aromatic heterocycles. The molecular weight excluding hydrogens is 274 g/mol. The maximum absolute atomic E-state index is 11.7. The molecule has 4 nitrogen and oxygen atoms in total. The molecule has 0 saturated carbocycles. The van der Waals surface area contributed by atoms with Gasteiger partial charge in [0.1, 0.15) is 5.76 Å². The lowest BCUT2D eigenvalue weighted by Crippen LogP contribution is -2.40. The summed E-state index contributed by atoms with van der Waals surface area (Å²) in [6, 6.07) is 7.10. The lowest BCUT2D eigenvalue weighted by atomic mass is 9.98. The Hall–Kier alpha value is -1.85. The second-order valence-corrected chi connectivity index (χ2v) is 5.37. The molecule has 2 rings (SSSR count).